The lowest BCUT2D eigenvalue weighted by Crippen LogP contribution is -2.41. The highest BCUT2D eigenvalue weighted by Crippen LogP contribution is 2.23. The lowest BCUT2D eigenvalue weighted by atomic mass is 9.90. The summed E-state index contributed by atoms with van der Waals surface area (Å²) in [5.74, 6) is -0.824. The van der Waals surface area contributed by atoms with Crippen molar-refractivity contribution in [2.75, 3.05) is 52.7 Å². The average molecular weight is 999 g/mol. The van der Waals surface area contributed by atoms with Crippen molar-refractivity contribution in [1.82, 2.24) is 4.90 Å². The molecule has 414 valence electrons. The number of esters is 4. The fourth-order valence-corrected chi connectivity index (χ4v) is 9.17. The number of hydrogen-bond donors (Lipinski definition) is 3. The summed E-state index contributed by atoms with van der Waals surface area (Å²) >= 11 is 0. The molecule has 0 aliphatic carbocycles. The van der Waals surface area contributed by atoms with E-state index < -0.39 is 18.1 Å². The number of nitrogens with zero attached hydrogens (tertiary/aromatic N) is 1. The third-order valence-electron chi connectivity index (χ3n) is 13.5. The Balaban J connectivity index is 4.92. The largest absolute Gasteiger partial charge is 0.466 e. The summed E-state index contributed by atoms with van der Waals surface area (Å²) in [6.45, 7) is 10.7. The predicted molar refractivity (Wildman–Crippen MR) is 284 cm³/mol. The van der Waals surface area contributed by atoms with Crippen molar-refractivity contribution < 1.29 is 53.4 Å². The molecule has 0 amide bonds. The third kappa shape index (κ3) is 46.8. The average Bonchev–Trinajstić information content (AvgIpc) is 3.33. The number of carbonyl (C=O) groups is 4. The van der Waals surface area contributed by atoms with E-state index in [1.165, 1.54) is 77.0 Å². The van der Waals surface area contributed by atoms with Gasteiger partial charge in [-0.05, 0) is 57.3 Å². The molecule has 0 aliphatic heterocycles. The van der Waals surface area contributed by atoms with Gasteiger partial charge in [-0.1, -0.05) is 195 Å². The van der Waals surface area contributed by atoms with Crippen LogP contribution in [0.4, 0.5) is 0 Å². The molecule has 3 atom stereocenters. The minimum absolute atomic E-state index is 0.0183. The molecule has 0 aromatic heterocycles. The molecule has 3 N–H and O–H groups in total. The van der Waals surface area contributed by atoms with Gasteiger partial charge in [-0.15, -0.1) is 0 Å². The highest BCUT2D eigenvalue weighted by Gasteiger charge is 2.23. The Bertz CT molecular complexity index is 1130. The van der Waals surface area contributed by atoms with Crippen molar-refractivity contribution in [3.63, 3.8) is 0 Å². The van der Waals surface area contributed by atoms with Gasteiger partial charge in [0.15, 0.2) is 0 Å². The van der Waals surface area contributed by atoms with E-state index in [1.807, 2.05) is 4.90 Å². The number of ether oxygens (including phenoxy) is 4. The summed E-state index contributed by atoms with van der Waals surface area (Å²) < 4.78 is 22.2. The Kier molecular flexibility index (Phi) is 49.9. The minimum Gasteiger partial charge on any atom is -0.466 e. The normalized spacial score (nSPS) is 12.9. The maximum absolute atomic E-state index is 12.9. The molecule has 0 aromatic carbocycles. The molecule has 0 saturated heterocycles. The van der Waals surface area contributed by atoms with Crippen LogP contribution in [0.25, 0.3) is 0 Å². The van der Waals surface area contributed by atoms with E-state index in [1.54, 1.807) is 0 Å². The molecule has 12 heteroatoms. The van der Waals surface area contributed by atoms with Gasteiger partial charge in [0.1, 0.15) is 0 Å². The Morgan fingerprint density at radius 2 is 0.700 bits per heavy atom. The second-order valence-electron chi connectivity index (χ2n) is 20.6. The molecular formula is C58H111NO11. The molecule has 0 radical (unpaired) electrons. The number of aliphatic hydroxyl groups excluding tert-OH is 3. The minimum atomic E-state index is -0.851. The van der Waals surface area contributed by atoms with Crippen LogP contribution in [0.3, 0.4) is 0 Å². The summed E-state index contributed by atoms with van der Waals surface area (Å²) in [4.78, 5) is 51.7. The van der Waals surface area contributed by atoms with E-state index in [-0.39, 0.29) is 69.5 Å². The number of carbonyl (C=O) groups excluding carboxylic acids is 4. The molecular weight excluding hydrogens is 887 g/mol. The highest BCUT2D eigenvalue weighted by molar-refractivity contribution is 5.70. The Labute approximate surface area is 429 Å². The van der Waals surface area contributed by atoms with E-state index >= 15 is 0 Å². The van der Waals surface area contributed by atoms with E-state index in [0.29, 0.717) is 64.3 Å². The molecule has 0 heterocycles. The number of hydrogen-bond acceptors (Lipinski definition) is 12. The van der Waals surface area contributed by atoms with E-state index in [0.717, 1.165) is 116 Å². The molecule has 3 unspecified atom stereocenters. The summed E-state index contributed by atoms with van der Waals surface area (Å²) in [7, 11) is 0. The summed E-state index contributed by atoms with van der Waals surface area (Å²) in [6.07, 6.45) is 34.9. The quantitative estimate of drug-likeness (QED) is 0.0300. The molecule has 12 nitrogen and oxygen atoms in total. The first kappa shape index (κ1) is 67.7. The second-order valence-corrected chi connectivity index (χ2v) is 20.6. The summed E-state index contributed by atoms with van der Waals surface area (Å²) in [5.41, 5.74) is 0. The predicted octanol–water partition coefficient (Wildman–Crippen LogP) is 13.3. The van der Waals surface area contributed by atoms with E-state index in [9.17, 15) is 34.5 Å². The fourth-order valence-electron chi connectivity index (χ4n) is 9.17. The molecule has 0 aromatic rings. The molecule has 0 saturated carbocycles. The molecule has 0 fully saturated rings. The number of rotatable bonds is 54. The third-order valence-corrected chi connectivity index (χ3v) is 13.5. The first-order chi connectivity index (χ1) is 34.1. The van der Waals surface area contributed by atoms with E-state index in [4.69, 9.17) is 18.9 Å². The van der Waals surface area contributed by atoms with Crippen LogP contribution in [0.1, 0.15) is 272 Å². The smallest absolute Gasteiger partial charge is 0.305 e. The van der Waals surface area contributed by atoms with Crippen LogP contribution in [0.15, 0.2) is 0 Å². The first-order valence-electron chi connectivity index (χ1n) is 29.4. The van der Waals surface area contributed by atoms with Gasteiger partial charge in [0, 0.05) is 51.2 Å². The topological polar surface area (TPSA) is 169 Å². The van der Waals surface area contributed by atoms with Crippen molar-refractivity contribution in [1.29, 1.82) is 0 Å². The van der Waals surface area contributed by atoms with Crippen LogP contribution in [0.5, 0.6) is 0 Å². The summed E-state index contributed by atoms with van der Waals surface area (Å²) in [6, 6.07) is 0. The zero-order valence-corrected chi connectivity index (χ0v) is 45.9. The standard InChI is InChI=1S/C58H111NO11/c1-5-9-13-16-26-33-43-67-55(63)37-29-22-18-20-24-31-39-57(65)69-49-52(46-54(62)48-59(41-42-60)47-53(61)45-51(35-12-8-4)36-28-15-11-7-3)50-70-58(66)40-32-25-21-19-23-30-38-56(64)68-44-34-27-17-14-10-6-2/h51-54,60-62H,5-50H2,1-4H3. The highest BCUT2D eigenvalue weighted by atomic mass is 16.5. The van der Waals surface area contributed by atoms with Gasteiger partial charge >= 0.3 is 23.9 Å². The van der Waals surface area contributed by atoms with Crippen LogP contribution in [-0.4, -0.2) is 109 Å². The number of unbranched alkanes of at least 4 members (excludes halogenated alkanes) is 24. The van der Waals surface area contributed by atoms with Crippen molar-refractivity contribution in [3.05, 3.63) is 0 Å². The van der Waals surface area contributed by atoms with Crippen LogP contribution >= 0.6 is 0 Å². The Morgan fingerprint density at radius 3 is 1.09 bits per heavy atom. The maximum atomic E-state index is 12.9. The molecule has 0 bridgehead atoms. The summed E-state index contributed by atoms with van der Waals surface area (Å²) in [5, 5.41) is 32.4. The van der Waals surface area contributed by atoms with Gasteiger partial charge in [0.2, 0.25) is 0 Å². The van der Waals surface area contributed by atoms with Crippen LogP contribution < -0.4 is 0 Å². The van der Waals surface area contributed by atoms with Gasteiger partial charge < -0.3 is 34.3 Å². The van der Waals surface area contributed by atoms with Crippen LogP contribution in [-0.2, 0) is 38.1 Å². The van der Waals surface area contributed by atoms with Gasteiger partial charge in [-0.3, -0.25) is 24.1 Å². The lowest BCUT2D eigenvalue weighted by molar-refractivity contribution is -0.150. The van der Waals surface area contributed by atoms with Crippen LogP contribution in [0, 0.1) is 11.8 Å². The molecule has 0 rings (SSSR count). The lowest BCUT2D eigenvalue weighted by Gasteiger charge is -2.29. The van der Waals surface area contributed by atoms with E-state index in [2.05, 4.69) is 27.7 Å². The Hall–Kier alpha value is -2.28. The van der Waals surface area contributed by atoms with Crippen molar-refractivity contribution in [2.45, 2.75) is 284 Å². The Morgan fingerprint density at radius 1 is 0.386 bits per heavy atom. The first-order valence-corrected chi connectivity index (χ1v) is 29.4. The van der Waals surface area contributed by atoms with Crippen LogP contribution in [0.2, 0.25) is 0 Å². The molecule has 70 heavy (non-hydrogen) atoms. The van der Waals surface area contributed by atoms with Crippen molar-refractivity contribution in [2.24, 2.45) is 11.8 Å². The van der Waals surface area contributed by atoms with Gasteiger partial charge in [-0.2, -0.15) is 0 Å². The maximum Gasteiger partial charge on any atom is 0.305 e. The fraction of sp³-hybridized carbons (Fsp3) is 0.931. The zero-order valence-electron chi connectivity index (χ0n) is 45.9. The van der Waals surface area contributed by atoms with Crippen molar-refractivity contribution in [3.8, 4) is 0 Å². The van der Waals surface area contributed by atoms with Gasteiger partial charge in [0.25, 0.3) is 0 Å². The van der Waals surface area contributed by atoms with Gasteiger partial charge in [0.05, 0.1) is 45.2 Å². The second kappa shape index (κ2) is 51.6. The van der Waals surface area contributed by atoms with Crippen molar-refractivity contribution >= 4 is 23.9 Å². The zero-order chi connectivity index (χ0) is 51.6. The number of aliphatic hydroxyl groups is 3. The molecule has 0 aliphatic rings. The van der Waals surface area contributed by atoms with Gasteiger partial charge in [-0.25, -0.2) is 0 Å². The molecule has 0 spiro atoms. The monoisotopic (exact) mass is 998 g/mol. The SMILES string of the molecule is CCCCCCCCOC(=O)CCCCCCCCC(=O)OCC(COC(=O)CCCCCCCCC(=O)OCCCCCCCC)CC(O)CN(CCO)CC(O)CC(CCCC)CCCCCC.